The quantitative estimate of drug-likeness (QED) is 0.640. The van der Waals surface area contributed by atoms with Gasteiger partial charge in [-0.25, -0.2) is 0 Å². The highest BCUT2D eigenvalue weighted by Crippen LogP contribution is 2.22. The molecule has 1 amide bonds. The number of nitriles is 1. The van der Waals surface area contributed by atoms with Crippen molar-refractivity contribution in [1.29, 1.82) is 5.26 Å². The van der Waals surface area contributed by atoms with E-state index in [-0.39, 0.29) is 5.91 Å². The zero-order valence-electron chi connectivity index (χ0n) is 16.7. The summed E-state index contributed by atoms with van der Waals surface area (Å²) in [7, 11) is 0. The number of carbonyl (C=O) groups is 1. The van der Waals surface area contributed by atoms with E-state index in [0.717, 1.165) is 37.5 Å². The predicted molar refractivity (Wildman–Crippen MR) is 117 cm³/mol. The summed E-state index contributed by atoms with van der Waals surface area (Å²) < 4.78 is 5.81. The van der Waals surface area contributed by atoms with Gasteiger partial charge in [-0.2, -0.15) is 5.26 Å². The first-order valence-electron chi connectivity index (χ1n) is 10.1. The van der Waals surface area contributed by atoms with Crippen LogP contribution in [0.3, 0.4) is 0 Å². The number of hydrogen-bond acceptors (Lipinski definition) is 4. The van der Waals surface area contributed by atoms with Crippen molar-refractivity contribution in [2.24, 2.45) is 0 Å². The molecule has 0 bridgehead atoms. The standard InChI is InChI=1S/C25H23N3O2/c26-19-20-7-11-22(12-8-20)27-15-4-16-28(18-17-27)25(29)21-9-13-24(14-10-21)30-23-5-2-1-3-6-23/h1-3,5-14H,4,15-18H2. The SMILES string of the molecule is N#Cc1ccc(N2CCCN(C(=O)c3ccc(Oc4ccccc4)cc3)CC2)cc1. The second-order valence-electron chi connectivity index (χ2n) is 7.23. The zero-order chi connectivity index (χ0) is 20.8. The molecule has 1 aliphatic rings. The van der Waals surface area contributed by atoms with Crippen LogP contribution in [0, 0.1) is 11.3 Å². The molecular formula is C25H23N3O2. The van der Waals surface area contributed by atoms with Crippen molar-refractivity contribution >= 4 is 11.6 Å². The van der Waals surface area contributed by atoms with Crippen molar-refractivity contribution in [1.82, 2.24) is 4.90 Å². The van der Waals surface area contributed by atoms with Crippen molar-refractivity contribution in [3.05, 3.63) is 90.0 Å². The minimum atomic E-state index is 0.0444. The summed E-state index contributed by atoms with van der Waals surface area (Å²) in [5.41, 5.74) is 2.41. The van der Waals surface area contributed by atoms with Crippen LogP contribution < -0.4 is 9.64 Å². The molecule has 1 heterocycles. The normalized spacial score (nSPS) is 14.0. The number of para-hydroxylation sites is 1. The Morgan fingerprint density at radius 1 is 0.800 bits per heavy atom. The first kappa shape index (κ1) is 19.5. The molecule has 0 spiro atoms. The van der Waals surface area contributed by atoms with Gasteiger partial charge in [-0.15, -0.1) is 0 Å². The second-order valence-corrected chi connectivity index (χ2v) is 7.23. The monoisotopic (exact) mass is 397 g/mol. The topological polar surface area (TPSA) is 56.6 Å². The van der Waals surface area contributed by atoms with Crippen LogP contribution in [0.2, 0.25) is 0 Å². The molecule has 5 nitrogen and oxygen atoms in total. The molecule has 0 aromatic heterocycles. The highest BCUT2D eigenvalue weighted by atomic mass is 16.5. The lowest BCUT2D eigenvalue weighted by Crippen LogP contribution is -2.35. The Bertz CT molecular complexity index is 1020. The van der Waals surface area contributed by atoms with Gasteiger partial charge in [0.25, 0.3) is 5.91 Å². The number of benzene rings is 3. The molecule has 1 fully saturated rings. The molecule has 0 N–H and O–H groups in total. The van der Waals surface area contributed by atoms with E-state index >= 15 is 0 Å². The molecule has 3 aromatic carbocycles. The molecule has 5 heteroatoms. The van der Waals surface area contributed by atoms with Gasteiger partial charge in [-0.3, -0.25) is 4.79 Å². The van der Waals surface area contributed by atoms with Crippen LogP contribution in [0.4, 0.5) is 5.69 Å². The van der Waals surface area contributed by atoms with Crippen LogP contribution in [-0.4, -0.2) is 37.0 Å². The Kier molecular flexibility index (Phi) is 5.95. The number of ether oxygens (including phenoxy) is 1. The Hall–Kier alpha value is -3.78. The minimum Gasteiger partial charge on any atom is -0.457 e. The van der Waals surface area contributed by atoms with Crippen LogP contribution in [0.15, 0.2) is 78.9 Å². The Balaban J connectivity index is 1.38. The summed E-state index contributed by atoms with van der Waals surface area (Å²) in [5.74, 6) is 1.52. The number of rotatable bonds is 4. The fraction of sp³-hybridized carbons (Fsp3) is 0.200. The number of carbonyl (C=O) groups excluding carboxylic acids is 1. The van der Waals surface area contributed by atoms with Crippen LogP contribution in [0.25, 0.3) is 0 Å². The largest absolute Gasteiger partial charge is 0.457 e. The maximum Gasteiger partial charge on any atom is 0.253 e. The number of amides is 1. The van der Waals surface area contributed by atoms with E-state index in [0.29, 0.717) is 23.4 Å². The first-order valence-corrected chi connectivity index (χ1v) is 10.1. The third-order valence-corrected chi connectivity index (χ3v) is 5.22. The minimum absolute atomic E-state index is 0.0444. The summed E-state index contributed by atoms with van der Waals surface area (Å²) in [6, 6.07) is 26.7. The fourth-order valence-corrected chi connectivity index (χ4v) is 3.60. The molecule has 30 heavy (non-hydrogen) atoms. The molecule has 4 rings (SSSR count). The molecule has 1 aliphatic heterocycles. The van der Waals surface area contributed by atoms with E-state index in [4.69, 9.17) is 10.00 Å². The summed E-state index contributed by atoms with van der Waals surface area (Å²) in [6.07, 6.45) is 0.904. The van der Waals surface area contributed by atoms with Gasteiger partial charge < -0.3 is 14.5 Å². The highest BCUT2D eigenvalue weighted by molar-refractivity contribution is 5.94. The summed E-state index contributed by atoms with van der Waals surface area (Å²) in [6.45, 7) is 3.06. The lowest BCUT2D eigenvalue weighted by molar-refractivity contribution is 0.0767. The molecule has 0 unspecified atom stereocenters. The van der Waals surface area contributed by atoms with Gasteiger partial charge in [-0.1, -0.05) is 18.2 Å². The first-order chi connectivity index (χ1) is 14.7. The van der Waals surface area contributed by atoms with E-state index < -0.39 is 0 Å². The number of nitrogens with zero attached hydrogens (tertiary/aromatic N) is 3. The lowest BCUT2D eigenvalue weighted by Gasteiger charge is -2.24. The number of anilines is 1. The van der Waals surface area contributed by atoms with Crippen molar-refractivity contribution < 1.29 is 9.53 Å². The van der Waals surface area contributed by atoms with Gasteiger partial charge in [0.15, 0.2) is 0 Å². The van der Waals surface area contributed by atoms with E-state index in [1.54, 1.807) is 0 Å². The molecule has 3 aromatic rings. The van der Waals surface area contributed by atoms with Crippen LogP contribution in [0.1, 0.15) is 22.3 Å². The smallest absolute Gasteiger partial charge is 0.253 e. The average Bonchev–Trinajstić information content (AvgIpc) is 3.06. The van der Waals surface area contributed by atoms with Gasteiger partial charge in [-0.05, 0) is 67.1 Å². The molecule has 0 radical (unpaired) electrons. The summed E-state index contributed by atoms with van der Waals surface area (Å²) in [4.78, 5) is 17.2. The Morgan fingerprint density at radius 3 is 2.20 bits per heavy atom. The van der Waals surface area contributed by atoms with E-state index in [2.05, 4.69) is 11.0 Å². The third kappa shape index (κ3) is 4.61. The molecule has 1 saturated heterocycles. The van der Waals surface area contributed by atoms with Crippen molar-refractivity contribution in [2.45, 2.75) is 6.42 Å². The molecule has 150 valence electrons. The summed E-state index contributed by atoms with van der Waals surface area (Å²) in [5, 5.41) is 8.96. The Labute approximate surface area is 176 Å². The number of hydrogen-bond donors (Lipinski definition) is 0. The van der Waals surface area contributed by atoms with Gasteiger partial charge in [0.1, 0.15) is 11.5 Å². The van der Waals surface area contributed by atoms with E-state index in [9.17, 15) is 4.79 Å². The van der Waals surface area contributed by atoms with Gasteiger partial charge in [0.05, 0.1) is 11.6 Å². The molecule has 0 saturated carbocycles. The maximum atomic E-state index is 13.0. The van der Waals surface area contributed by atoms with Crippen LogP contribution in [0.5, 0.6) is 11.5 Å². The average molecular weight is 397 g/mol. The van der Waals surface area contributed by atoms with Crippen LogP contribution in [-0.2, 0) is 0 Å². The van der Waals surface area contributed by atoms with Gasteiger partial charge in [0.2, 0.25) is 0 Å². The molecular weight excluding hydrogens is 374 g/mol. The lowest BCUT2D eigenvalue weighted by atomic mass is 10.2. The van der Waals surface area contributed by atoms with Gasteiger partial charge in [0, 0.05) is 37.4 Å². The van der Waals surface area contributed by atoms with E-state index in [1.807, 2.05) is 83.8 Å². The molecule has 0 aliphatic carbocycles. The van der Waals surface area contributed by atoms with E-state index in [1.165, 1.54) is 0 Å². The van der Waals surface area contributed by atoms with Crippen molar-refractivity contribution in [2.75, 3.05) is 31.1 Å². The maximum absolute atomic E-state index is 13.0. The third-order valence-electron chi connectivity index (χ3n) is 5.22. The Morgan fingerprint density at radius 2 is 1.50 bits per heavy atom. The predicted octanol–water partition coefficient (Wildman–Crippen LogP) is 4.70. The van der Waals surface area contributed by atoms with Crippen molar-refractivity contribution in [3.63, 3.8) is 0 Å². The molecule has 0 atom stereocenters. The zero-order valence-corrected chi connectivity index (χ0v) is 16.7. The fourth-order valence-electron chi connectivity index (χ4n) is 3.60. The van der Waals surface area contributed by atoms with Gasteiger partial charge >= 0.3 is 0 Å². The second kappa shape index (κ2) is 9.15. The highest BCUT2D eigenvalue weighted by Gasteiger charge is 2.20. The van der Waals surface area contributed by atoms with Crippen LogP contribution >= 0.6 is 0 Å². The van der Waals surface area contributed by atoms with Crippen molar-refractivity contribution in [3.8, 4) is 17.6 Å². The summed E-state index contributed by atoms with van der Waals surface area (Å²) >= 11 is 0.